The third-order valence-electron chi connectivity index (χ3n) is 3.55. The highest BCUT2D eigenvalue weighted by Crippen LogP contribution is 2.29. The van der Waals surface area contributed by atoms with Crippen LogP contribution in [0.3, 0.4) is 0 Å². The van der Waals surface area contributed by atoms with Crippen molar-refractivity contribution in [2.45, 2.75) is 12.8 Å². The fourth-order valence-electron chi connectivity index (χ4n) is 2.49. The van der Waals surface area contributed by atoms with E-state index in [0.29, 0.717) is 22.2 Å². The lowest BCUT2D eigenvalue weighted by Gasteiger charge is -2.03. The minimum Gasteiger partial charge on any atom is -0.438 e. The van der Waals surface area contributed by atoms with E-state index in [1.54, 1.807) is 18.5 Å². The van der Waals surface area contributed by atoms with E-state index in [-0.39, 0.29) is 0 Å². The number of hydrogen-bond donors (Lipinski definition) is 0. The molecule has 0 N–H and O–H groups in total. The van der Waals surface area contributed by atoms with E-state index >= 15 is 0 Å². The lowest BCUT2D eigenvalue weighted by molar-refractivity contribution is 0.529. The molecule has 0 amide bonds. The Hall–Kier alpha value is -2.66. The van der Waals surface area contributed by atoms with Gasteiger partial charge in [-0.25, -0.2) is 9.97 Å². The van der Waals surface area contributed by atoms with Gasteiger partial charge in [0.15, 0.2) is 12.0 Å². The summed E-state index contributed by atoms with van der Waals surface area (Å²) in [4.78, 5) is 12.7. The fourth-order valence-corrected chi connectivity index (χ4v) is 2.72. The van der Waals surface area contributed by atoms with Gasteiger partial charge in [0.2, 0.25) is 5.76 Å². The Morgan fingerprint density at radius 1 is 1.13 bits per heavy atom. The predicted molar refractivity (Wildman–Crippen MR) is 86.2 cm³/mol. The summed E-state index contributed by atoms with van der Waals surface area (Å²) >= 11 is 6.21. The van der Waals surface area contributed by atoms with Crippen molar-refractivity contribution < 1.29 is 8.83 Å². The van der Waals surface area contributed by atoms with Crippen LogP contribution in [0.2, 0.25) is 5.02 Å². The van der Waals surface area contributed by atoms with Crippen LogP contribution in [0.4, 0.5) is 0 Å². The number of aryl methyl sites for hydroxylation is 2. The quantitative estimate of drug-likeness (QED) is 0.559. The third-order valence-corrected chi connectivity index (χ3v) is 3.77. The van der Waals surface area contributed by atoms with Gasteiger partial charge in [-0.05, 0) is 42.7 Å². The van der Waals surface area contributed by atoms with Crippen LogP contribution >= 0.6 is 11.6 Å². The van der Waals surface area contributed by atoms with Crippen LogP contribution in [0, 0.1) is 0 Å². The molecule has 4 aromatic rings. The minimum atomic E-state index is 0.402. The highest BCUT2D eigenvalue weighted by Gasteiger charge is 2.15. The molecule has 114 valence electrons. The summed E-state index contributed by atoms with van der Waals surface area (Å²) in [5.41, 5.74) is 3.45. The molecule has 4 rings (SSSR count). The van der Waals surface area contributed by atoms with Gasteiger partial charge in [-0.3, -0.25) is 4.98 Å². The van der Waals surface area contributed by atoms with E-state index in [0.717, 1.165) is 29.7 Å². The van der Waals surface area contributed by atoms with Crippen LogP contribution in [-0.4, -0.2) is 15.0 Å². The number of aromatic nitrogens is 3. The topological polar surface area (TPSA) is 65.0 Å². The molecule has 0 aliphatic rings. The zero-order chi connectivity index (χ0) is 15.6. The molecule has 0 bridgehead atoms. The smallest absolute Gasteiger partial charge is 0.265 e. The van der Waals surface area contributed by atoms with E-state index in [9.17, 15) is 0 Å². The van der Waals surface area contributed by atoms with E-state index in [4.69, 9.17) is 20.4 Å². The SMILES string of the molecule is Clc1cc(CCc2ccccn2)c2oc(-c3cnco3)nc2c1. The van der Waals surface area contributed by atoms with Gasteiger partial charge < -0.3 is 8.83 Å². The molecule has 0 atom stereocenters. The van der Waals surface area contributed by atoms with E-state index in [1.165, 1.54) is 6.39 Å². The van der Waals surface area contributed by atoms with Crippen molar-refractivity contribution in [3.05, 3.63) is 65.4 Å². The number of rotatable bonds is 4. The number of pyridine rings is 1. The minimum absolute atomic E-state index is 0.402. The molecule has 0 fully saturated rings. The predicted octanol–water partition coefficient (Wildman–Crippen LogP) is 4.32. The number of halogens is 1. The normalized spacial score (nSPS) is 11.2. The van der Waals surface area contributed by atoms with E-state index in [1.807, 2.05) is 24.3 Å². The summed E-state index contributed by atoms with van der Waals surface area (Å²) in [5, 5.41) is 0.631. The first-order valence-electron chi connectivity index (χ1n) is 7.17. The molecule has 0 spiro atoms. The lowest BCUT2D eigenvalue weighted by Crippen LogP contribution is -1.94. The molecule has 6 heteroatoms. The summed E-state index contributed by atoms with van der Waals surface area (Å²) in [6.45, 7) is 0. The number of benzene rings is 1. The molecule has 1 aromatic carbocycles. The summed E-state index contributed by atoms with van der Waals surface area (Å²) in [6, 6.07) is 9.57. The summed E-state index contributed by atoms with van der Waals surface area (Å²) in [7, 11) is 0. The van der Waals surface area contributed by atoms with Crippen molar-refractivity contribution >= 4 is 22.7 Å². The molecule has 0 unspecified atom stereocenters. The van der Waals surface area contributed by atoms with Crippen LogP contribution in [0.15, 0.2) is 58.0 Å². The van der Waals surface area contributed by atoms with E-state index in [2.05, 4.69) is 15.0 Å². The molecule has 0 saturated carbocycles. The molecule has 3 aromatic heterocycles. The van der Waals surface area contributed by atoms with Crippen molar-refractivity contribution in [1.29, 1.82) is 0 Å². The Balaban J connectivity index is 1.70. The van der Waals surface area contributed by atoms with Gasteiger partial charge in [0, 0.05) is 16.9 Å². The Bertz CT molecular complexity index is 933. The number of hydrogen-bond acceptors (Lipinski definition) is 5. The molecular weight excluding hydrogens is 314 g/mol. The van der Waals surface area contributed by atoms with Gasteiger partial charge in [0.1, 0.15) is 5.52 Å². The first-order valence-corrected chi connectivity index (χ1v) is 7.55. The second-order valence-corrected chi connectivity index (χ2v) is 5.56. The lowest BCUT2D eigenvalue weighted by atomic mass is 10.1. The average molecular weight is 326 g/mol. The molecular formula is C17H12ClN3O2. The number of oxazole rings is 2. The molecule has 0 aliphatic heterocycles. The molecule has 23 heavy (non-hydrogen) atoms. The molecule has 5 nitrogen and oxygen atoms in total. The number of nitrogens with zero attached hydrogens (tertiary/aromatic N) is 3. The van der Waals surface area contributed by atoms with Crippen LogP contribution in [0.25, 0.3) is 22.8 Å². The van der Waals surface area contributed by atoms with Crippen LogP contribution in [0.1, 0.15) is 11.3 Å². The highest BCUT2D eigenvalue weighted by molar-refractivity contribution is 6.31. The molecule has 0 aliphatic carbocycles. The van der Waals surface area contributed by atoms with Gasteiger partial charge in [0.05, 0.1) is 6.20 Å². The Kier molecular flexibility index (Phi) is 3.55. The third kappa shape index (κ3) is 2.83. The molecule has 0 saturated heterocycles. The van der Waals surface area contributed by atoms with Gasteiger partial charge >= 0.3 is 0 Å². The largest absolute Gasteiger partial charge is 0.438 e. The fraction of sp³-hybridized carbons (Fsp3) is 0.118. The Morgan fingerprint density at radius 3 is 2.87 bits per heavy atom. The van der Waals surface area contributed by atoms with Crippen molar-refractivity contribution in [1.82, 2.24) is 15.0 Å². The van der Waals surface area contributed by atoms with Gasteiger partial charge in [-0.1, -0.05) is 17.7 Å². The maximum atomic E-state index is 6.21. The van der Waals surface area contributed by atoms with Crippen LogP contribution < -0.4 is 0 Å². The second-order valence-electron chi connectivity index (χ2n) is 5.12. The van der Waals surface area contributed by atoms with E-state index < -0.39 is 0 Å². The summed E-state index contributed by atoms with van der Waals surface area (Å²) in [6.07, 6.45) is 6.27. The maximum absolute atomic E-state index is 6.21. The summed E-state index contributed by atoms with van der Waals surface area (Å²) in [5.74, 6) is 0.895. The standard InChI is InChI=1S/C17H12ClN3O2/c18-12-7-11(4-5-13-3-1-2-6-20-13)16-14(8-12)21-17(23-16)15-9-19-10-22-15/h1-3,6-10H,4-5H2. The zero-order valence-corrected chi connectivity index (χ0v) is 12.8. The van der Waals surface area contributed by atoms with Gasteiger partial charge in [0.25, 0.3) is 5.89 Å². The Morgan fingerprint density at radius 2 is 2.09 bits per heavy atom. The first kappa shape index (κ1) is 14.0. The van der Waals surface area contributed by atoms with Crippen molar-refractivity contribution in [3.8, 4) is 11.7 Å². The van der Waals surface area contributed by atoms with Crippen LogP contribution in [-0.2, 0) is 12.8 Å². The van der Waals surface area contributed by atoms with Gasteiger partial charge in [-0.2, -0.15) is 0 Å². The molecule has 3 heterocycles. The van der Waals surface area contributed by atoms with Crippen molar-refractivity contribution in [2.75, 3.05) is 0 Å². The first-order chi connectivity index (χ1) is 11.3. The summed E-state index contributed by atoms with van der Waals surface area (Å²) < 4.78 is 11.1. The van der Waals surface area contributed by atoms with Crippen molar-refractivity contribution in [2.24, 2.45) is 0 Å². The maximum Gasteiger partial charge on any atom is 0.265 e. The average Bonchev–Trinajstić information content (AvgIpc) is 3.22. The molecule has 0 radical (unpaired) electrons. The zero-order valence-electron chi connectivity index (χ0n) is 12.1. The Labute approximate surface area is 137 Å². The highest BCUT2D eigenvalue weighted by atomic mass is 35.5. The van der Waals surface area contributed by atoms with Gasteiger partial charge in [-0.15, -0.1) is 0 Å². The second kappa shape index (κ2) is 5.85. The monoisotopic (exact) mass is 325 g/mol. The van der Waals surface area contributed by atoms with Crippen molar-refractivity contribution in [3.63, 3.8) is 0 Å². The number of fused-ring (bicyclic) bond motifs is 1. The van der Waals surface area contributed by atoms with Crippen LogP contribution in [0.5, 0.6) is 0 Å².